The second-order valence-corrected chi connectivity index (χ2v) is 7.32. The van der Waals surface area contributed by atoms with Crippen molar-refractivity contribution in [3.05, 3.63) is 22.4 Å². The average Bonchev–Trinajstić information content (AvgIpc) is 2.91. The van der Waals surface area contributed by atoms with Gasteiger partial charge in [0, 0.05) is 26.2 Å². The highest BCUT2D eigenvalue weighted by atomic mass is 32.1. The fraction of sp³-hybridized carbons (Fsp3) is 0.688. The fourth-order valence-corrected chi connectivity index (χ4v) is 3.13. The molecule has 118 valence electrons. The molecule has 2 heterocycles. The third-order valence-electron chi connectivity index (χ3n) is 3.54. The summed E-state index contributed by atoms with van der Waals surface area (Å²) in [6.45, 7) is 10.3. The lowest BCUT2D eigenvalue weighted by Crippen LogP contribution is -2.50. The van der Waals surface area contributed by atoms with Gasteiger partial charge in [0.25, 0.3) is 0 Å². The Morgan fingerprint density at radius 1 is 1.29 bits per heavy atom. The molecule has 0 saturated carbocycles. The van der Waals surface area contributed by atoms with Gasteiger partial charge in [-0.05, 0) is 62.5 Å². The predicted octanol–water partition coefficient (Wildman–Crippen LogP) is 3.23. The van der Waals surface area contributed by atoms with E-state index < -0.39 is 5.60 Å². The molecular formula is C16H26N2O2S. The van der Waals surface area contributed by atoms with Crippen molar-refractivity contribution in [1.29, 1.82) is 0 Å². The summed E-state index contributed by atoms with van der Waals surface area (Å²) in [6.07, 6.45) is 2.15. The molecule has 21 heavy (non-hydrogen) atoms. The minimum absolute atomic E-state index is 0.180. The summed E-state index contributed by atoms with van der Waals surface area (Å²) in [7, 11) is 0. The third kappa shape index (κ3) is 5.67. The van der Waals surface area contributed by atoms with E-state index >= 15 is 0 Å². The van der Waals surface area contributed by atoms with Crippen molar-refractivity contribution in [3.63, 3.8) is 0 Å². The van der Waals surface area contributed by atoms with Gasteiger partial charge in [0.1, 0.15) is 5.60 Å². The van der Waals surface area contributed by atoms with Crippen LogP contribution in [-0.4, -0.2) is 54.2 Å². The third-order valence-corrected chi connectivity index (χ3v) is 4.28. The summed E-state index contributed by atoms with van der Waals surface area (Å²) in [5.74, 6) is 0. The zero-order chi connectivity index (χ0) is 15.3. The Morgan fingerprint density at radius 3 is 2.57 bits per heavy atom. The number of hydrogen-bond donors (Lipinski definition) is 0. The first-order chi connectivity index (χ1) is 9.94. The molecule has 0 N–H and O–H groups in total. The standard InChI is InChI=1S/C16H26N2O2S/c1-16(2,3)20-15(19)18-10-8-17(9-11-18)7-4-5-14-6-12-21-13-14/h6,12-13H,4-5,7-11H2,1-3H3. The van der Waals surface area contributed by atoms with Gasteiger partial charge >= 0.3 is 6.09 Å². The number of thiophene rings is 1. The highest BCUT2D eigenvalue weighted by Gasteiger charge is 2.25. The van der Waals surface area contributed by atoms with Crippen molar-refractivity contribution in [2.45, 2.75) is 39.2 Å². The van der Waals surface area contributed by atoms with Gasteiger partial charge < -0.3 is 9.64 Å². The minimum atomic E-state index is -0.408. The summed E-state index contributed by atoms with van der Waals surface area (Å²) in [5, 5.41) is 4.36. The van der Waals surface area contributed by atoms with Crippen LogP contribution in [0, 0.1) is 0 Å². The van der Waals surface area contributed by atoms with E-state index in [9.17, 15) is 4.79 Å². The van der Waals surface area contributed by atoms with Crippen molar-refractivity contribution < 1.29 is 9.53 Å². The summed E-state index contributed by atoms with van der Waals surface area (Å²) in [5.41, 5.74) is 1.03. The average molecular weight is 310 g/mol. The fourth-order valence-electron chi connectivity index (χ4n) is 2.42. The minimum Gasteiger partial charge on any atom is -0.444 e. The molecule has 0 aromatic carbocycles. The van der Waals surface area contributed by atoms with E-state index in [0.717, 1.165) is 39.1 Å². The highest BCUT2D eigenvalue weighted by Crippen LogP contribution is 2.13. The van der Waals surface area contributed by atoms with Crippen LogP contribution >= 0.6 is 11.3 Å². The zero-order valence-corrected chi connectivity index (χ0v) is 14.1. The van der Waals surface area contributed by atoms with Crippen LogP contribution in [0.3, 0.4) is 0 Å². The molecule has 0 bridgehead atoms. The van der Waals surface area contributed by atoms with Crippen LogP contribution in [0.2, 0.25) is 0 Å². The number of nitrogens with zero attached hydrogens (tertiary/aromatic N) is 2. The number of piperazine rings is 1. The van der Waals surface area contributed by atoms with E-state index in [1.54, 1.807) is 11.3 Å². The van der Waals surface area contributed by atoms with Crippen LogP contribution in [0.1, 0.15) is 32.8 Å². The van der Waals surface area contributed by atoms with Gasteiger partial charge in [-0.1, -0.05) is 0 Å². The van der Waals surface area contributed by atoms with Crippen molar-refractivity contribution >= 4 is 17.4 Å². The lowest BCUT2D eigenvalue weighted by Gasteiger charge is -2.35. The molecule has 1 aromatic heterocycles. The Kier molecular flexibility index (Phi) is 5.65. The van der Waals surface area contributed by atoms with E-state index in [1.807, 2.05) is 25.7 Å². The quantitative estimate of drug-likeness (QED) is 0.856. The van der Waals surface area contributed by atoms with Crippen LogP contribution in [0.4, 0.5) is 4.79 Å². The van der Waals surface area contributed by atoms with Crippen molar-refractivity contribution in [3.8, 4) is 0 Å². The number of aryl methyl sites for hydroxylation is 1. The van der Waals surface area contributed by atoms with Gasteiger partial charge in [-0.15, -0.1) is 0 Å². The van der Waals surface area contributed by atoms with E-state index in [1.165, 1.54) is 12.0 Å². The van der Waals surface area contributed by atoms with Crippen molar-refractivity contribution in [2.24, 2.45) is 0 Å². The van der Waals surface area contributed by atoms with Gasteiger partial charge in [0.2, 0.25) is 0 Å². The summed E-state index contributed by atoms with van der Waals surface area (Å²) < 4.78 is 5.41. The van der Waals surface area contributed by atoms with Crippen LogP contribution in [0.15, 0.2) is 16.8 Å². The molecule has 1 aliphatic rings. The number of rotatable bonds is 4. The molecular weight excluding hydrogens is 284 g/mol. The molecule has 1 fully saturated rings. The second-order valence-electron chi connectivity index (χ2n) is 6.54. The first kappa shape index (κ1) is 16.3. The van der Waals surface area contributed by atoms with Gasteiger partial charge in [0.15, 0.2) is 0 Å². The second kappa shape index (κ2) is 7.27. The summed E-state index contributed by atoms with van der Waals surface area (Å²) in [4.78, 5) is 16.2. The number of ether oxygens (including phenoxy) is 1. The molecule has 1 amide bonds. The molecule has 5 heteroatoms. The SMILES string of the molecule is CC(C)(C)OC(=O)N1CCN(CCCc2ccsc2)CC1. The molecule has 0 radical (unpaired) electrons. The first-order valence-corrected chi connectivity index (χ1v) is 8.60. The normalized spacial score (nSPS) is 17.0. The molecule has 2 rings (SSSR count). The Balaban J connectivity index is 1.65. The Hall–Kier alpha value is -1.07. The first-order valence-electron chi connectivity index (χ1n) is 7.65. The van der Waals surface area contributed by atoms with Gasteiger partial charge in [-0.3, -0.25) is 4.90 Å². The van der Waals surface area contributed by atoms with E-state index in [2.05, 4.69) is 21.7 Å². The monoisotopic (exact) mass is 310 g/mol. The van der Waals surface area contributed by atoms with Crippen LogP contribution < -0.4 is 0 Å². The largest absolute Gasteiger partial charge is 0.444 e. The molecule has 0 atom stereocenters. The van der Waals surface area contributed by atoms with E-state index in [-0.39, 0.29) is 6.09 Å². The summed E-state index contributed by atoms with van der Waals surface area (Å²) >= 11 is 1.76. The van der Waals surface area contributed by atoms with Gasteiger partial charge in [-0.25, -0.2) is 4.79 Å². The van der Waals surface area contributed by atoms with Gasteiger partial charge in [0.05, 0.1) is 0 Å². The molecule has 1 aromatic rings. The zero-order valence-electron chi connectivity index (χ0n) is 13.3. The van der Waals surface area contributed by atoms with Crippen LogP contribution in [0.25, 0.3) is 0 Å². The van der Waals surface area contributed by atoms with Crippen LogP contribution in [-0.2, 0) is 11.2 Å². The maximum atomic E-state index is 12.0. The van der Waals surface area contributed by atoms with Crippen molar-refractivity contribution in [1.82, 2.24) is 9.80 Å². The number of hydrogen-bond acceptors (Lipinski definition) is 4. The Bertz CT molecular complexity index is 432. The maximum absolute atomic E-state index is 12.0. The van der Waals surface area contributed by atoms with Gasteiger partial charge in [-0.2, -0.15) is 11.3 Å². The summed E-state index contributed by atoms with van der Waals surface area (Å²) in [6, 6.07) is 2.20. The lowest BCUT2D eigenvalue weighted by atomic mass is 10.2. The van der Waals surface area contributed by atoms with Crippen molar-refractivity contribution in [2.75, 3.05) is 32.7 Å². The van der Waals surface area contributed by atoms with E-state index in [0.29, 0.717) is 0 Å². The molecule has 0 spiro atoms. The lowest BCUT2D eigenvalue weighted by molar-refractivity contribution is 0.0145. The number of carbonyl (C=O) groups excluding carboxylic acids is 1. The number of carbonyl (C=O) groups is 1. The Labute approximate surface area is 131 Å². The molecule has 4 nitrogen and oxygen atoms in total. The Morgan fingerprint density at radius 2 is 2.00 bits per heavy atom. The topological polar surface area (TPSA) is 32.8 Å². The molecule has 0 unspecified atom stereocenters. The predicted molar refractivity (Wildman–Crippen MR) is 86.9 cm³/mol. The number of amides is 1. The highest BCUT2D eigenvalue weighted by molar-refractivity contribution is 7.07. The molecule has 0 aliphatic carbocycles. The van der Waals surface area contributed by atoms with E-state index in [4.69, 9.17) is 4.74 Å². The molecule has 1 aliphatic heterocycles. The smallest absolute Gasteiger partial charge is 0.410 e. The van der Waals surface area contributed by atoms with Crippen LogP contribution in [0.5, 0.6) is 0 Å². The maximum Gasteiger partial charge on any atom is 0.410 e. The molecule has 1 saturated heterocycles.